The number of benzene rings is 3. The zero-order valence-corrected chi connectivity index (χ0v) is 14.9. The predicted molar refractivity (Wildman–Crippen MR) is 102 cm³/mol. The van der Waals surface area contributed by atoms with Crippen molar-refractivity contribution in [3.63, 3.8) is 0 Å². The molecule has 4 rings (SSSR count). The highest BCUT2D eigenvalue weighted by Crippen LogP contribution is 2.35. The zero-order valence-electron chi connectivity index (χ0n) is 14.9. The molecule has 0 radical (unpaired) electrons. The molecule has 28 heavy (non-hydrogen) atoms. The average molecular weight is 374 g/mol. The summed E-state index contributed by atoms with van der Waals surface area (Å²) >= 11 is 0. The summed E-state index contributed by atoms with van der Waals surface area (Å²) in [7, 11) is 0. The first-order chi connectivity index (χ1) is 13.5. The molecule has 1 heterocycles. The van der Waals surface area contributed by atoms with Crippen LogP contribution >= 0.6 is 0 Å². The van der Waals surface area contributed by atoms with Crippen LogP contribution in [0, 0.1) is 12.7 Å². The van der Waals surface area contributed by atoms with Gasteiger partial charge in [-0.05, 0) is 48.4 Å². The Labute approximate surface area is 160 Å². The quantitative estimate of drug-likeness (QED) is 0.369. The number of Topliss-reactive ketones (excluding diaryl/α,β-unsaturated/α-hetero) is 1. The minimum absolute atomic E-state index is 0.164. The van der Waals surface area contributed by atoms with Crippen LogP contribution in [0.3, 0.4) is 0 Å². The number of ketones is 1. The van der Waals surface area contributed by atoms with Crippen molar-refractivity contribution in [1.82, 2.24) is 0 Å². The van der Waals surface area contributed by atoms with E-state index in [9.17, 15) is 14.0 Å². The normalized spacial score (nSPS) is 13.9. The topological polar surface area (TPSA) is 52.6 Å². The van der Waals surface area contributed by atoms with Gasteiger partial charge in [-0.25, -0.2) is 9.18 Å². The van der Waals surface area contributed by atoms with Crippen molar-refractivity contribution < 1.29 is 23.5 Å². The lowest BCUT2D eigenvalue weighted by molar-refractivity contribution is 0.0729. The highest BCUT2D eigenvalue weighted by Gasteiger charge is 2.28. The van der Waals surface area contributed by atoms with Crippen LogP contribution in [0.5, 0.6) is 11.5 Å². The number of hydrogen-bond donors (Lipinski definition) is 0. The molecule has 138 valence electrons. The Kier molecular flexibility index (Phi) is 4.49. The van der Waals surface area contributed by atoms with Gasteiger partial charge in [0.2, 0.25) is 5.78 Å². The number of ether oxygens (including phenoxy) is 2. The Morgan fingerprint density at radius 2 is 1.79 bits per heavy atom. The second-order valence-electron chi connectivity index (χ2n) is 6.32. The summed E-state index contributed by atoms with van der Waals surface area (Å²) in [6, 6.07) is 17.7. The summed E-state index contributed by atoms with van der Waals surface area (Å²) in [5.41, 5.74) is 2.11. The van der Waals surface area contributed by atoms with E-state index < -0.39 is 11.8 Å². The highest BCUT2D eigenvalue weighted by atomic mass is 19.1. The average Bonchev–Trinajstić information content (AvgIpc) is 2.99. The lowest BCUT2D eigenvalue weighted by Gasteiger charge is -2.06. The van der Waals surface area contributed by atoms with Crippen LogP contribution in [-0.4, -0.2) is 11.8 Å². The zero-order chi connectivity index (χ0) is 19.7. The molecule has 0 N–H and O–H groups in total. The van der Waals surface area contributed by atoms with Crippen LogP contribution in [-0.2, 0) is 0 Å². The van der Waals surface area contributed by atoms with Gasteiger partial charge in [0.05, 0.1) is 11.1 Å². The Balaban J connectivity index is 1.58. The van der Waals surface area contributed by atoms with Crippen molar-refractivity contribution in [2.75, 3.05) is 0 Å². The molecule has 0 bridgehead atoms. The minimum Gasteiger partial charge on any atom is -0.452 e. The van der Waals surface area contributed by atoms with Gasteiger partial charge in [-0.2, -0.15) is 0 Å². The second kappa shape index (κ2) is 7.12. The SMILES string of the molecule is Cc1ccccc1/C=C1/Oc2cc(OC(=O)c3ccccc3F)ccc2C1=O. The van der Waals surface area contributed by atoms with Crippen molar-refractivity contribution in [3.8, 4) is 11.5 Å². The summed E-state index contributed by atoms with van der Waals surface area (Å²) in [5.74, 6) is -1.07. The van der Waals surface area contributed by atoms with Gasteiger partial charge in [0.1, 0.15) is 17.3 Å². The lowest BCUT2D eigenvalue weighted by atomic mass is 10.1. The Morgan fingerprint density at radius 1 is 1.04 bits per heavy atom. The van der Waals surface area contributed by atoms with Gasteiger partial charge in [0.15, 0.2) is 5.76 Å². The van der Waals surface area contributed by atoms with Crippen LogP contribution in [0.15, 0.2) is 72.5 Å². The number of allylic oxidation sites excluding steroid dienone is 1. The molecule has 0 unspecified atom stereocenters. The van der Waals surface area contributed by atoms with Crippen LogP contribution < -0.4 is 9.47 Å². The summed E-state index contributed by atoms with van der Waals surface area (Å²) in [6.45, 7) is 1.94. The predicted octanol–water partition coefficient (Wildman–Crippen LogP) is 4.97. The molecule has 3 aromatic carbocycles. The standard InChI is InChI=1S/C23H15FO4/c1-14-6-2-3-7-15(14)12-21-22(25)18-11-10-16(13-20(18)28-21)27-23(26)17-8-4-5-9-19(17)24/h2-13H,1H3/b21-12+. The van der Waals surface area contributed by atoms with Crippen LogP contribution in [0.25, 0.3) is 6.08 Å². The van der Waals surface area contributed by atoms with Crippen molar-refractivity contribution in [2.45, 2.75) is 6.92 Å². The molecule has 1 aliphatic heterocycles. The minimum atomic E-state index is -0.821. The van der Waals surface area contributed by atoms with E-state index in [1.165, 1.54) is 36.4 Å². The van der Waals surface area contributed by atoms with E-state index in [-0.39, 0.29) is 22.9 Å². The third-order valence-corrected chi connectivity index (χ3v) is 4.42. The maximum atomic E-state index is 13.7. The molecule has 0 aliphatic carbocycles. The smallest absolute Gasteiger partial charge is 0.346 e. The van der Waals surface area contributed by atoms with E-state index >= 15 is 0 Å². The largest absolute Gasteiger partial charge is 0.452 e. The molecular formula is C23H15FO4. The molecule has 0 amide bonds. The van der Waals surface area contributed by atoms with Gasteiger partial charge < -0.3 is 9.47 Å². The first kappa shape index (κ1) is 17.7. The van der Waals surface area contributed by atoms with Gasteiger partial charge in [0.25, 0.3) is 0 Å². The fourth-order valence-electron chi connectivity index (χ4n) is 2.91. The van der Waals surface area contributed by atoms with Gasteiger partial charge in [-0.15, -0.1) is 0 Å². The molecule has 0 aromatic heterocycles. The van der Waals surface area contributed by atoms with E-state index in [4.69, 9.17) is 9.47 Å². The summed E-state index contributed by atoms with van der Waals surface area (Å²) in [5, 5.41) is 0. The molecule has 0 spiro atoms. The molecule has 0 saturated heterocycles. The number of carbonyl (C=O) groups excluding carboxylic acids is 2. The number of esters is 1. The molecule has 4 nitrogen and oxygen atoms in total. The molecule has 3 aromatic rings. The molecular weight excluding hydrogens is 359 g/mol. The first-order valence-electron chi connectivity index (χ1n) is 8.63. The fraction of sp³-hybridized carbons (Fsp3) is 0.0435. The van der Waals surface area contributed by atoms with E-state index in [2.05, 4.69) is 0 Å². The molecule has 0 atom stereocenters. The van der Waals surface area contributed by atoms with Crippen LogP contribution in [0.1, 0.15) is 31.8 Å². The molecule has 1 aliphatic rings. The van der Waals surface area contributed by atoms with Gasteiger partial charge in [0, 0.05) is 6.07 Å². The summed E-state index contributed by atoms with van der Waals surface area (Å²) in [6.07, 6.45) is 1.68. The van der Waals surface area contributed by atoms with Crippen molar-refractivity contribution in [2.24, 2.45) is 0 Å². The molecule has 5 heteroatoms. The van der Waals surface area contributed by atoms with E-state index in [1.807, 2.05) is 31.2 Å². The molecule has 0 fully saturated rings. The van der Waals surface area contributed by atoms with E-state index in [0.29, 0.717) is 11.3 Å². The number of halogens is 1. The number of carbonyl (C=O) groups is 2. The molecule has 0 saturated carbocycles. The van der Waals surface area contributed by atoms with Gasteiger partial charge in [-0.1, -0.05) is 36.4 Å². The third kappa shape index (κ3) is 3.30. The second-order valence-corrected chi connectivity index (χ2v) is 6.32. The number of rotatable bonds is 3. The summed E-state index contributed by atoms with van der Waals surface area (Å²) in [4.78, 5) is 24.7. The maximum Gasteiger partial charge on any atom is 0.346 e. The maximum absolute atomic E-state index is 13.7. The Morgan fingerprint density at radius 3 is 2.57 bits per heavy atom. The van der Waals surface area contributed by atoms with Crippen molar-refractivity contribution in [3.05, 3.63) is 101 Å². The van der Waals surface area contributed by atoms with Crippen LogP contribution in [0.2, 0.25) is 0 Å². The van der Waals surface area contributed by atoms with Crippen molar-refractivity contribution in [1.29, 1.82) is 0 Å². The Bertz CT molecular complexity index is 1130. The van der Waals surface area contributed by atoms with Crippen molar-refractivity contribution >= 4 is 17.8 Å². The lowest BCUT2D eigenvalue weighted by Crippen LogP contribution is -2.10. The van der Waals surface area contributed by atoms with Gasteiger partial charge in [-0.3, -0.25) is 4.79 Å². The highest BCUT2D eigenvalue weighted by molar-refractivity contribution is 6.14. The van der Waals surface area contributed by atoms with E-state index in [1.54, 1.807) is 12.1 Å². The van der Waals surface area contributed by atoms with Gasteiger partial charge >= 0.3 is 5.97 Å². The Hall–Kier alpha value is -3.73. The summed E-state index contributed by atoms with van der Waals surface area (Å²) < 4.78 is 24.6. The van der Waals surface area contributed by atoms with E-state index in [0.717, 1.165) is 11.1 Å². The fourth-order valence-corrected chi connectivity index (χ4v) is 2.91. The first-order valence-corrected chi connectivity index (χ1v) is 8.63. The number of aryl methyl sites for hydroxylation is 1. The number of hydrogen-bond acceptors (Lipinski definition) is 4. The third-order valence-electron chi connectivity index (χ3n) is 4.42. The van der Waals surface area contributed by atoms with Crippen LogP contribution in [0.4, 0.5) is 4.39 Å². The monoisotopic (exact) mass is 374 g/mol. The number of fused-ring (bicyclic) bond motifs is 1.